The van der Waals surface area contributed by atoms with Crippen LogP contribution in [0.1, 0.15) is 33.6 Å². The summed E-state index contributed by atoms with van der Waals surface area (Å²) in [5, 5.41) is 12.7. The Morgan fingerprint density at radius 1 is 0.909 bits per heavy atom. The van der Waals surface area contributed by atoms with E-state index < -0.39 is 5.97 Å². The third-order valence-electron chi connectivity index (χ3n) is 6.11. The molecule has 2 amide bonds. The predicted octanol–water partition coefficient (Wildman–Crippen LogP) is 3.03. The van der Waals surface area contributed by atoms with Crippen molar-refractivity contribution < 1.29 is 19.5 Å². The highest BCUT2D eigenvalue weighted by Gasteiger charge is 2.25. The molecule has 174 valence electrons. The van der Waals surface area contributed by atoms with E-state index in [1.807, 2.05) is 4.90 Å². The van der Waals surface area contributed by atoms with Gasteiger partial charge in [-0.25, -0.2) is 4.79 Å². The topological polar surface area (TPSA) is 93.2 Å². The molecule has 2 N–H and O–H groups in total. The molecule has 0 radical (unpaired) electrons. The number of nitrogens with zero attached hydrogens (tertiary/aromatic N) is 3. The average molecular weight is 471 g/mol. The lowest BCUT2D eigenvalue weighted by atomic mass is 10.1. The van der Waals surface area contributed by atoms with Crippen LogP contribution in [-0.2, 0) is 4.79 Å². The molecular formula is C24H27ClN4O4. The Balaban J connectivity index is 1.46. The molecule has 0 saturated carbocycles. The first kappa shape index (κ1) is 23.1. The molecule has 0 spiro atoms. The minimum Gasteiger partial charge on any atom is -0.478 e. The van der Waals surface area contributed by atoms with E-state index in [2.05, 4.69) is 15.1 Å². The van der Waals surface area contributed by atoms with Gasteiger partial charge in [-0.2, -0.15) is 0 Å². The smallest absolute Gasteiger partial charge is 0.335 e. The van der Waals surface area contributed by atoms with Crippen molar-refractivity contribution in [1.82, 2.24) is 9.80 Å². The van der Waals surface area contributed by atoms with E-state index >= 15 is 0 Å². The maximum Gasteiger partial charge on any atom is 0.335 e. The summed E-state index contributed by atoms with van der Waals surface area (Å²) in [4.78, 5) is 42.9. The Kier molecular flexibility index (Phi) is 7.15. The number of likely N-dealkylation sites (tertiary alicyclic amines) is 1. The van der Waals surface area contributed by atoms with Crippen LogP contribution >= 0.6 is 11.6 Å². The van der Waals surface area contributed by atoms with Gasteiger partial charge < -0.3 is 20.2 Å². The second-order valence-electron chi connectivity index (χ2n) is 8.35. The van der Waals surface area contributed by atoms with E-state index in [1.54, 1.807) is 30.3 Å². The number of carboxylic acid groups (broad SMARTS) is 1. The largest absolute Gasteiger partial charge is 0.478 e. The number of anilines is 2. The first-order valence-corrected chi connectivity index (χ1v) is 11.5. The molecule has 8 nitrogen and oxygen atoms in total. The first-order valence-electron chi connectivity index (χ1n) is 11.1. The summed E-state index contributed by atoms with van der Waals surface area (Å²) in [6, 6.07) is 11.3. The van der Waals surface area contributed by atoms with Gasteiger partial charge in [-0.05, 0) is 49.2 Å². The number of benzene rings is 2. The number of rotatable bonds is 6. The van der Waals surface area contributed by atoms with Crippen molar-refractivity contribution in [3.63, 3.8) is 0 Å². The number of hydrogen-bond acceptors (Lipinski definition) is 5. The van der Waals surface area contributed by atoms with E-state index in [1.165, 1.54) is 12.1 Å². The monoisotopic (exact) mass is 470 g/mol. The number of nitrogens with one attached hydrogen (secondary N) is 1. The van der Waals surface area contributed by atoms with E-state index in [0.717, 1.165) is 31.6 Å². The third-order valence-corrected chi connectivity index (χ3v) is 6.34. The van der Waals surface area contributed by atoms with Gasteiger partial charge in [-0.1, -0.05) is 17.7 Å². The van der Waals surface area contributed by atoms with E-state index in [9.17, 15) is 19.5 Å². The minimum absolute atomic E-state index is 0.0926. The highest BCUT2D eigenvalue weighted by atomic mass is 35.5. The van der Waals surface area contributed by atoms with Gasteiger partial charge in [0.25, 0.3) is 5.91 Å². The molecule has 0 unspecified atom stereocenters. The van der Waals surface area contributed by atoms with Crippen molar-refractivity contribution in [3.05, 3.63) is 58.6 Å². The zero-order valence-corrected chi connectivity index (χ0v) is 19.1. The maximum absolute atomic E-state index is 12.8. The lowest BCUT2D eigenvalue weighted by Gasteiger charge is -2.37. The van der Waals surface area contributed by atoms with Gasteiger partial charge >= 0.3 is 5.97 Å². The number of hydrogen-bond donors (Lipinski definition) is 2. The van der Waals surface area contributed by atoms with Crippen molar-refractivity contribution in [2.24, 2.45) is 0 Å². The third kappa shape index (κ3) is 5.64. The minimum atomic E-state index is -1.06. The molecule has 2 aliphatic heterocycles. The molecule has 2 aromatic carbocycles. The van der Waals surface area contributed by atoms with Crippen LogP contribution in [-0.4, -0.2) is 78.5 Å². The standard InChI is InChI=1S/C24H27ClN4O4/c25-19-5-3-4-17(14-19)23(31)26-20-15-18(24(32)33)6-7-21(20)28-12-10-27(11-13-28)16-22(30)29-8-1-2-9-29/h3-7,14-15H,1-2,8-13,16H2,(H,26,31)(H,32,33). The second-order valence-corrected chi connectivity index (χ2v) is 8.79. The van der Waals surface area contributed by atoms with Crippen molar-refractivity contribution >= 4 is 40.8 Å². The molecule has 9 heteroatoms. The van der Waals surface area contributed by atoms with Crippen molar-refractivity contribution in [2.75, 3.05) is 56.0 Å². The molecular weight excluding hydrogens is 444 g/mol. The molecule has 4 rings (SSSR count). The van der Waals surface area contributed by atoms with Gasteiger partial charge in [0, 0.05) is 49.9 Å². The Hall–Kier alpha value is -3.10. The van der Waals surface area contributed by atoms with Crippen LogP contribution in [0.5, 0.6) is 0 Å². The normalized spacial score (nSPS) is 16.6. The lowest BCUT2D eigenvalue weighted by Crippen LogP contribution is -2.50. The molecule has 0 atom stereocenters. The quantitative estimate of drug-likeness (QED) is 0.674. The first-order chi connectivity index (χ1) is 15.9. The highest BCUT2D eigenvalue weighted by molar-refractivity contribution is 6.31. The van der Waals surface area contributed by atoms with Crippen LogP contribution in [0.15, 0.2) is 42.5 Å². The van der Waals surface area contributed by atoms with Gasteiger partial charge in [-0.3, -0.25) is 14.5 Å². The maximum atomic E-state index is 12.8. The average Bonchev–Trinajstić information content (AvgIpc) is 3.35. The zero-order chi connectivity index (χ0) is 23.4. The second kappa shape index (κ2) is 10.2. The lowest BCUT2D eigenvalue weighted by molar-refractivity contribution is -0.131. The fourth-order valence-electron chi connectivity index (χ4n) is 4.27. The van der Waals surface area contributed by atoms with Crippen molar-refractivity contribution in [3.8, 4) is 0 Å². The van der Waals surface area contributed by atoms with E-state index in [0.29, 0.717) is 49.0 Å². The number of halogens is 1. The van der Waals surface area contributed by atoms with Gasteiger partial charge in [-0.15, -0.1) is 0 Å². The van der Waals surface area contributed by atoms with Gasteiger partial charge in [0.15, 0.2) is 0 Å². The fraction of sp³-hybridized carbons (Fsp3) is 0.375. The van der Waals surface area contributed by atoms with Crippen LogP contribution in [0.3, 0.4) is 0 Å². The summed E-state index contributed by atoms with van der Waals surface area (Å²) >= 11 is 6.01. The number of piperazine rings is 1. The van der Waals surface area contributed by atoms with Gasteiger partial charge in [0.2, 0.25) is 5.91 Å². The van der Waals surface area contributed by atoms with Crippen molar-refractivity contribution in [1.29, 1.82) is 0 Å². The molecule has 2 fully saturated rings. The van der Waals surface area contributed by atoms with Crippen LogP contribution < -0.4 is 10.2 Å². The fourth-order valence-corrected chi connectivity index (χ4v) is 4.46. The van der Waals surface area contributed by atoms with Crippen LogP contribution in [0, 0.1) is 0 Å². The van der Waals surface area contributed by atoms with Gasteiger partial charge in [0.05, 0.1) is 23.5 Å². The van der Waals surface area contributed by atoms with Gasteiger partial charge in [0.1, 0.15) is 0 Å². The summed E-state index contributed by atoms with van der Waals surface area (Å²) in [5.41, 5.74) is 1.66. The molecule has 33 heavy (non-hydrogen) atoms. The Labute approximate surface area is 197 Å². The molecule has 0 aromatic heterocycles. The Morgan fingerprint density at radius 3 is 2.30 bits per heavy atom. The van der Waals surface area contributed by atoms with E-state index in [4.69, 9.17) is 11.6 Å². The Bertz CT molecular complexity index is 1050. The van der Waals surface area contributed by atoms with Crippen LogP contribution in [0.2, 0.25) is 5.02 Å². The van der Waals surface area contributed by atoms with Crippen LogP contribution in [0.25, 0.3) is 0 Å². The summed E-state index contributed by atoms with van der Waals surface area (Å²) in [6.45, 7) is 4.88. The zero-order valence-electron chi connectivity index (χ0n) is 18.3. The summed E-state index contributed by atoms with van der Waals surface area (Å²) < 4.78 is 0. The number of carboxylic acids is 1. The summed E-state index contributed by atoms with van der Waals surface area (Å²) in [5.74, 6) is -1.25. The van der Waals surface area contributed by atoms with Crippen molar-refractivity contribution in [2.45, 2.75) is 12.8 Å². The number of carbonyl (C=O) groups excluding carboxylic acids is 2. The molecule has 2 saturated heterocycles. The predicted molar refractivity (Wildman–Crippen MR) is 127 cm³/mol. The summed E-state index contributed by atoms with van der Waals surface area (Å²) in [6.07, 6.45) is 2.16. The molecule has 2 aromatic rings. The summed E-state index contributed by atoms with van der Waals surface area (Å²) in [7, 11) is 0. The SMILES string of the molecule is O=C(O)c1ccc(N2CCN(CC(=O)N3CCCC3)CC2)c(NC(=O)c2cccc(Cl)c2)c1. The molecule has 2 aliphatic rings. The molecule has 0 aliphatic carbocycles. The number of carbonyl (C=O) groups is 3. The highest BCUT2D eigenvalue weighted by Crippen LogP contribution is 2.29. The number of amides is 2. The van der Waals surface area contributed by atoms with Crippen LogP contribution in [0.4, 0.5) is 11.4 Å². The molecule has 0 bridgehead atoms. The molecule has 2 heterocycles. The Morgan fingerprint density at radius 2 is 1.64 bits per heavy atom. The number of aromatic carboxylic acids is 1. The van der Waals surface area contributed by atoms with E-state index in [-0.39, 0.29) is 17.4 Å².